The van der Waals surface area contributed by atoms with Gasteiger partial charge in [-0.2, -0.15) is 0 Å². The third-order valence-corrected chi connectivity index (χ3v) is 2.97. The van der Waals surface area contributed by atoms with Gasteiger partial charge < -0.3 is 10.2 Å². The molecule has 0 unspecified atom stereocenters. The zero-order valence-corrected chi connectivity index (χ0v) is 9.70. The lowest BCUT2D eigenvalue weighted by Gasteiger charge is -2.20. The van der Waals surface area contributed by atoms with Crippen molar-refractivity contribution in [3.05, 3.63) is 35.4 Å². The summed E-state index contributed by atoms with van der Waals surface area (Å²) in [6, 6.07) is 8.45. The zero-order valence-electron chi connectivity index (χ0n) is 9.70. The molecule has 16 heavy (non-hydrogen) atoms. The maximum Gasteiger partial charge on any atom is 0.317 e. The number of nitrogens with one attached hydrogen (secondary N) is 1. The number of amides is 2. The van der Waals surface area contributed by atoms with Gasteiger partial charge in [0, 0.05) is 19.6 Å². The molecular weight excluding hydrogens is 200 g/mol. The Hall–Kier alpha value is -1.51. The number of benzene rings is 1. The largest absolute Gasteiger partial charge is 0.338 e. The van der Waals surface area contributed by atoms with Crippen molar-refractivity contribution in [1.82, 2.24) is 10.2 Å². The van der Waals surface area contributed by atoms with Crippen molar-refractivity contribution in [3.63, 3.8) is 0 Å². The summed E-state index contributed by atoms with van der Waals surface area (Å²) in [6.07, 6.45) is 2.13. The van der Waals surface area contributed by atoms with E-state index in [9.17, 15) is 4.79 Å². The average Bonchev–Trinajstić information content (AvgIpc) is 2.51. The number of nitrogens with zero attached hydrogens (tertiary/aromatic N) is 1. The van der Waals surface area contributed by atoms with Crippen LogP contribution in [-0.2, 0) is 13.0 Å². The summed E-state index contributed by atoms with van der Waals surface area (Å²) in [4.78, 5) is 13.7. The first kappa shape index (κ1) is 11.0. The maximum absolute atomic E-state index is 11.8. The van der Waals surface area contributed by atoms with Gasteiger partial charge in [-0.05, 0) is 30.9 Å². The second-order valence-corrected chi connectivity index (χ2v) is 4.13. The monoisotopic (exact) mass is 218 g/mol. The molecule has 0 fully saturated rings. The van der Waals surface area contributed by atoms with Gasteiger partial charge in [-0.1, -0.05) is 24.3 Å². The van der Waals surface area contributed by atoms with E-state index in [4.69, 9.17) is 0 Å². The number of hydrogen-bond acceptors (Lipinski definition) is 1. The van der Waals surface area contributed by atoms with Crippen LogP contribution in [0.3, 0.4) is 0 Å². The third-order valence-electron chi connectivity index (χ3n) is 2.97. The van der Waals surface area contributed by atoms with E-state index in [1.807, 2.05) is 17.9 Å². The summed E-state index contributed by atoms with van der Waals surface area (Å²) < 4.78 is 0. The molecule has 1 aliphatic heterocycles. The Bertz CT molecular complexity index is 376. The second-order valence-electron chi connectivity index (χ2n) is 4.13. The summed E-state index contributed by atoms with van der Waals surface area (Å²) in [6.45, 7) is 4.23. The van der Waals surface area contributed by atoms with Crippen LogP contribution >= 0.6 is 0 Å². The highest BCUT2D eigenvalue weighted by atomic mass is 16.2. The third kappa shape index (κ3) is 2.35. The molecule has 2 rings (SSSR count). The van der Waals surface area contributed by atoms with Crippen LogP contribution in [0.2, 0.25) is 0 Å². The molecule has 0 bridgehead atoms. The Morgan fingerprint density at radius 1 is 1.38 bits per heavy atom. The number of aryl methyl sites for hydroxylation is 1. The molecule has 1 aromatic rings. The van der Waals surface area contributed by atoms with Crippen LogP contribution in [0, 0.1) is 0 Å². The number of carbonyl (C=O) groups is 1. The van der Waals surface area contributed by atoms with E-state index in [1.54, 1.807) is 0 Å². The Morgan fingerprint density at radius 2 is 2.12 bits per heavy atom. The maximum atomic E-state index is 11.8. The van der Waals surface area contributed by atoms with Gasteiger partial charge in [0.2, 0.25) is 0 Å². The molecule has 0 saturated carbocycles. The van der Waals surface area contributed by atoms with E-state index in [1.165, 1.54) is 11.1 Å². The van der Waals surface area contributed by atoms with Gasteiger partial charge in [-0.3, -0.25) is 0 Å². The first-order valence-electron chi connectivity index (χ1n) is 5.91. The van der Waals surface area contributed by atoms with Gasteiger partial charge in [0.1, 0.15) is 0 Å². The lowest BCUT2D eigenvalue weighted by Crippen LogP contribution is -2.39. The summed E-state index contributed by atoms with van der Waals surface area (Å²) in [5.74, 6) is 0. The molecule has 3 nitrogen and oxygen atoms in total. The molecule has 0 saturated heterocycles. The van der Waals surface area contributed by atoms with Crippen molar-refractivity contribution >= 4 is 6.03 Å². The van der Waals surface area contributed by atoms with Crippen LogP contribution in [0.15, 0.2) is 24.3 Å². The summed E-state index contributed by atoms with van der Waals surface area (Å²) in [5.41, 5.74) is 2.67. The Kier molecular flexibility index (Phi) is 3.44. The topological polar surface area (TPSA) is 32.3 Å². The lowest BCUT2D eigenvalue weighted by atomic mass is 10.0. The Morgan fingerprint density at radius 3 is 2.88 bits per heavy atom. The predicted octanol–water partition coefficient (Wildman–Crippen LogP) is 2.16. The normalized spacial score (nSPS) is 15.2. The molecule has 0 aliphatic carbocycles. The van der Waals surface area contributed by atoms with Crippen molar-refractivity contribution in [3.8, 4) is 0 Å². The van der Waals surface area contributed by atoms with E-state index < -0.39 is 0 Å². The van der Waals surface area contributed by atoms with E-state index in [0.29, 0.717) is 6.54 Å². The summed E-state index contributed by atoms with van der Waals surface area (Å²) in [5, 5.41) is 2.86. The van der Waals surface area contributed by atoms with Gasteiger partial charge in [0.15, 0.2) is 0 Å². The minimum absolute atomic E-state index is 0.0548. The molecule has 0 aromatic heterocycles. The molecule has 1 aromatic carbocycles. The minimum atomic E-state index is 0.0548. The molecular formula is C13H18N2O. The predicted molar refractivity (Wildman–Crippen MR) is 64.2 cm³/mol. The fraction of sp³-hybridized carbons (Fsp3) is 0.462. The van der Waals surface area contributed by atoms with Crippen molar-refractivity contribution < 1.29 is 4.79 Å². The van der Waals surface area contributed by atoms with E-state index in [2.05, 4.69) is 23.5 Å². The van der Waals surface area contributed by atoms with Gasteiger partial charge >= 0.3 is 6.03 Å². The number of hydrogen-bond donors (Lipinski definition) is 1. The molecule has 0 spiro atoms. The number of rotatable bonds is 1. The summed E-state index contributed by atoms with van der Waals surface area (Å²) >= 11 is 0. The van der Waals surface area contributed by atoms with E-state index in [-0.39, 0.29) is 6.03 Å². The molecule has 2 amide bonds. The fourth-order valence-corrected chi connectivity index (χ4v) is 2.14. The van der Waals surface area contributed by atoms with Gasteiger partial charge in [-0.15, -0.1) is 0 Å². The van der Waals surface area contributed by atoms with Gasteiger partial charge in [-0.25, -0.2) is 4.79 Å². The first-order chi connectivity index (χ1) is 7.81. The molecule has 1 N–H and O–H groups in total. The quantitative estimate of drug-likeness (QED) is 0.769. The van der Waals surface area contributed by atoms with Gasteiger partial charge in [0.05, 0.1) is 0 Å². The van der Waals surface area contributed by atoms with E-state index >= 15 is 0 Å². The average molecular weight is 218 g/mol. The van der Waals surface area contributed by atoms with Crippen LogP contribution in [0.5, 0.6) is 0 Å². The zero-order chi connectivity index (χ0) is 11.4. The molecule has 1 heterocycles. The number of urea groups is 1. The summed E-state index contributed by atoms with van der Waals surface area (Å²) in [7, 11) is 0. The fourth-order valence-electron chi connectivity index (χ4n) is 2.14. The van der Waals surface area contributed by atoms with Crippen LogP contribution in [0.25, 0.3) is 0 Å². The SMILES string of the molecule is CCNC(=O)N1CCCc2ccccc2C1. The number of fused-ring (bicyclic) bond motifs is 1. The molecule has 0 atom stereocenters. The second kappa shape index (κ2) is 5.01. The Labute approximate surface area is 96.5 Å². The molecule has 86 valence electrons. The highest BCUT2D eigenvalue weighted by Crippen LogP contribution is 2.18. The van der Waals surface area contributed by atoms with Crippen molar-refractivity contribution in [2.75, 3.05) is 13.1 Å². The smallest absolute Gasteiger partial charge is 0.317 e. The number of carbonyl (C=O) groups excluding carboxylic acids is 1. The highest BCUT2D eigenvalue weighted by Gasteiger charge is 2.17. The highest BCUT2D eigenvalue weighted by molar-refractivity contribution is 5.74. The van der Waals surface area contributed by atoms with Gasteiger partial charge in [0.25, 0.3) is 0 Å². The van der Waals surface area contributed by atoms with Crippen molar-refractivity contribution in [2.45, 2.75) is 26.3 Å². The van der Waals surface area contributed by atoms with Crippen molar-refractivity contribution in [2.24, 2.45) is 0 Å². The van der Waals surface area contributed by atoms with E-state index in [0.717, 1.165) is 25.9 Å². The standard InChI is InChI=1S/C13H18N2O/c1-2-14-13(16)15-9-5-8-11-6-3-4-7-12(11)10-15/h3-4,6-7H,2,5,8-10H2,1H3,(H,14,16). The molecule has 3 heteroatoms. The molecule has 0 radical (unpaired) electrons. The van der Waals surface area contributed by atoms with Crippen LogP contribution < -0.4 is 5.32 Å². The lowest BCUT2D eigenvalue weighted by molar-refractivity contribution is 0.196. The van der Waals surface area contributed by atoms with Crippen LogP contribution in [0.1, 0.15) is 24.5 Å². The van der Waals surface area contributed by atoms with Crippen molar-refractivity contribution in [1.29, 1.82) is 0 Å². The first-order valence-corrected chi connectivity index (χ1v) is 5.91. The minimum Gasteiger partial charge on any atom is -0.338 e. The van der Waals surface area contributed by atoms with Crippen LogP contribution in [0.4, 0.5) is 4.79 Å². The van der Waals surface area contributed by atoms with Crippen LogP contribution in [-0.4, -0.2) is 24.0 Å². The molecule has 1 aliphatic rings. The Balaban J connectivity index is 2.13.